The predicted octanol–water partition coefficient (Wildman–Crippen LogP) is 1.34. The van der Waals surface area contributed by atoms with E-state index in [1.165, 1.54) is 13.2 Å². The minimum Gasteiger partial charge on any atom is -0.453 e. The van der Waals surface area contributed by atoms with Crippen molar-refractivity contribution in [3.63, 3.8) is 0 Å². The smallest absolute Gasteiger partial charge is 0.407 e. The first kappa shape index (κ1) is 12.5. The maximum absolute atomic E-state index is 13.4. The van der Waals surface area contributed by atoms with E-state index in [-0.39, 0.29) is 11.7 Å². The molecule has 0 spiro atoms. The van der Waals surface area contributed by atoms with Crippen LogP contribution in [0.3, 0.4) is 0 Å². The number of benzene rings is 1. The standard InChI is InChI=1S/C12H16FN3O2/c1-18-12(17)15-8-5-6-16(7-8)10-4-2-3-9(13)11(10)14/h2-4,8H,5-7,14H2,1H3,(H,15,17). The van der Waals surface area contributed by atoms with Crippen LogP contribution in [0.4, 0.5) is 20.6 Å². The van der Waals surface area contributed by atoms with Gasteiger partial charge in [0.05, 0.1) is 24.5 Å². The van der Waals surface area contributed by atoms with Crippen LogP contribution in [0.25, 0.3) is 0 Å². The van der Waals surface area contributed by atoms with Crippen LogP contribution in [0.15, 0.2) is 18.2 Å². The minimum atomic E-state index is -0.450. The Morgan fingerprint density at radius 1 is 1.61 bits per heavy atom. The van der Waals surface area contributed by atoms with Gasteiger partial charge in [0.1, 0.15) is 5.82 Å². The van der Waals surface area contributed by atoms with Gasteiger partial charge in [-0.25, -0.2) is 9.18 Å². The molecule has 0 aromatic heterocycles. The number of rotatable bonds is 2. The number of hydrogen-bond acceptors (Lipinski definition) is 4. The molecule has 0 bridgehead atoms. The van der Waals surface area contributed by atoms with Crippen molar-refractivity contribution >= 4 is 17.5 Å². The van der Waals surface area contributed by atoms with Crippen LogP contribution in [-0.4, -0.2) is 32.3 Å². The second-order valence-electron chi connectivity index (χ2n) is 4.24. The zero-order chi connectivity index (χ0) is 13.1. The monoisotopic (exact) mass is 253 g/mol. The third kappa shape index (κ3) is 2.47. The average Bonchev–Trinajstić information content (AvgIpc) is 2.80. The summed E-state index contributed by atoms with van der Waals surface area (Å²) in [6.07, 6.45) is 0.333. The fourth-order valence-corrected chi connectivity index (χ4v) is 2.12. The van der Waals surface area contributed by atoms with Crippen LogP contribution < -0.4 is 16.0 Å². The maximum atomic E-state index is 13.4. The predicted molar refractivity (Wildman–Crippen MR) is 67.0 cm³/mol. The van der Waals surface area contributed by atoms with Gasteiger partial charge in [-0.2, -0.15) is 0 Å². The topological polar surface area (TPSA) is 67.6 Å². The molecule has 1 atom stereocenters. The lowest BCUT2D eigenvalue weighted by Crippen LogP contribution is -2.37. The van der Waals surface area contributed by atoms with Gasteiger partial charge >= 0.3 is 6.09 Å². The summed E-state index contributed by atoms with van der Waals surface area (Å²) < 4.78 is 17.9. The summed E-state index contributed by atoms with van der Waals surface area (Å²) in [5.41, 5.74) is 6.53. The number of nitrogen functional groups attached to an aromatic ring is 1. The van der Waals surface area contributed by atoms with Crippen molar-refractivity contribution in [1.29, 1.82) is 0 Å². The highest BCUT2D eigenvalue weighted by Gasteiger charge is 2.25. The van der Waals surface area contributed by atoms with Gasteiger partial charge in [-0.1, -0.05) is 6.07 Å². The molecule has 0 saturated carbocycles. The zero-order valence-electron chi connectivity index (χ0n) is 10.1. The highest BCUT2D eigenvalue weighted by Crippen LogP contribution is 2.28. The van der Waals surface area contributed by atoms with Gasteiger partial charge in [0.2, 0.25) is 0 Å². The van der Waals surface area contributed by atoms with Gasteiger partial charge < -0.3 is 20.7 Å². The van der Waals surface area contributed by atoms with E-state index in [1.54, 1.807) is 12.1 Å². The summed E-state index contributed by atoms with van der Waals surface area (Å²) in [5.74, 6) is -0.420. The molecule has 5 nitrogen and oxygen atoms in total. The van der Waals surface area contributed by atoms with Gasteiger partial charge in [0.15, 0.2) is 0 Å². The number of carbonyl (C=O) groups is 1. The molecule has 18 heavy (non-hydrogen) atoms. The molecule has 1 aliphatic rings. The Balaban J connectivity index is 2.04. The van der Waals surface area contributed by atoms with Crippen molar-refractivity contribution in [2.45, 2.75) is 12.5 Å². The van der Waals surface area contributed by atoms with E-state index in [9.17, 15) is 9.18 Å². The van der Waals surface area contributed by atoms with Gasteiger partial charge in [-0.15, -0.1) is 0 Å². The lowest BCUT2D eigenvalue weighted by molar-refractivity contribution is 0.167. The second kappa shape index (κ2) is 5.12. The van der Waals surface area contributed by atoms with E-state index >= 15 is 0 Å². The Bertz CT molecular complexity index is 453. The summed E-state index contributed by atoms with van der Waals surface area (Å²) in [6, 6.07) is 4.74. The molecule has 0 radical (unpaired) electrons. The van der Waals surface area contributed by atoms with Crippen LogP contribution in [0.1, 0.15) is 6.42 Å². The lowest BCUT2D eigenvalue weighted by Gasteiger charge is -2.20. The molecular formula is C12H16FN3O2. The van der Waals surface area contributed by atoms with Gasteiger partial charge in [0, 0.05) is 13.1 Å². The number of hydrogen-bond donors (Lipinski definition) is 2. The highest BCUT2D eigenvalue weighted by molar-refractivity contribution is 5.70. The van der Waals surface area contributed by atoms with Gasteiger partial charge in [0.25, 0.3) is 0 Å². The minimum absolute atomic E-state index is 0.000109. The average molecular weight is 253 g/mol. The Labute approximate surface area is 105 Å². The number of alkyl carbamates (subject to hydrolysis) is 1. The molecule has 3 N–H and O–H groups in total. The van der Waals surface area contributed by atoms with Crippen molar-refractivity contribution < 1.29 is 13.9 Å². The molecule has 1 unspecified atom stereocenters. The Morgan fingerprint density at radius 2 is 2.39 bits per heavy atom. The van der Waals surface area contributed by atoms with Gasteiger partial charge in [-0.3, -0.25) is 0 Å². The number of methoxy groups -OCH3 is 1. The van der Waals surface area contributed by atoms with Gasteiger partial charge in [-0.05, 0) is 18.6 Å². The first-order valence-corrected chi connectivity index (χ1v) is 5.75. The molecule has 2 rings (SSSR count). The molecule has 1 aromatic carbocycles. The molecule has 1 aromatic rings. The fraction of sp³-hybridized carbons (Fsp3) is 0.417. The molecule has 1 aliphatic heterocycles. The Morgan fingerprint density at radius 3 is 3.11 bits per heavy atom. The van der Waals surface area contributed by atoms with Crippen molar-refractivity contribution in [2.24, 2.45) is 0 Å². The molecule has 98 valence electrons. The van der Waals surface area contributed by atoms with Crippen LogP contribution in [0, 0.1) is 5.82 Å². The molecule has 1 saturated heterocycles. The molecule has 1 heterocycles. The first-order valence-electron chi connectivity index (χ1n) is 5.75. The lowest BCUT2D eigenvalue weighted by atomic mass is 10.2. The van der Waals surface area contributed by atoms with Crippen LogP contribution in [-0.2, 0) is 4.74 Å². The Kier molecular flexibility index (Phi) is 3.55. The first-order chi connectivity index (χ1) is 8.61. The Hall–Kier alpha value is -1.98. The summed E-state index contributed by atoms with van der Waals surface area (Å²) >= 11 is 0. The van der Waals surface area contributed by atoms with E-state index in [4.69, 9.17) is 5.73 Å². The number of carbonyl (C=O) groups excluding carboxylic acids is 1. The third-order valence-corrected chi connectivity index (χ3v) is 3.07. The number of nitrogens with zero attached hydrogens (tertiary/aromatic N) is 1. The van der Waals surface area contributed by atoms with Crippen molar-refractivity contribution in [3.8, 4) is 0 Å². The van der Waals surface area contributed by atoms with Crippen molar-refractivity contribution in [1.82, 2.24) is 5.32 Å². The number of ether oxygens (including phenoxy) is 1. The molecule has 1 amide bonds. The van der Waals surface area contributed by atoms with E-state index in [0.717, 1.165) is 13.0 Å². The van der Waals surface area contributed by atoms with Crippen molar-refractivity contribution in [2.75, 3.05) is 30.8 Å². The highest BCUT2D eigenvalue weighted by atomic mass is 19.1. The zero-order valence-corrected chi connectivity index (χ0v) is 10.1. The number of para-hydroxylation sites is 1. The van der Waals surface area contributed by atoms with E-state index in [1.807, 2.05) is 4.90 Å². The maximum Gasteiger partial charge on any atom is 0.407 e. The molecular weight excluding hydrogens is 237 g/mol. The summed E-state index contributed by atoms with van der Waals surface area (Å²) in [4.78, 5) is 13.1. The number of halogens is 1. The number of amides is 1. The number of nitrogens with one attached hydrogen (secondary N) is 1. The quantitative estimate of drug-likeness (QED) is 0.780. The van der Waals surface area contributed by atoms with Crippen LogP contribution in [0.2, 0.25) is 0 Å². The SMILES string of the molecule is COC(=O)NC1CCN(c2cccc(F)c2N)C1. The van der Waals surface area contributed by atoms with Crippen molar-refractivity contribution in [3.05, 3.63) is 24.0 Å². The fourth-order valence-electron chi connectivity index (χ4n) is 2.12. The summed E-state index contributed by atoms with van der Waals surface area (Å²) in [7, 11) is 1.33. The normalized spacial score (nSPS) is 18.8. The molecule has 0 aliphatic carbocycles. The number of nitrogens with two attached hydrogens (primary N) is 1. The van der Waals surface area contributed by atoms with E-state index in [2.05, 4.69) is 10.1 Å². The second-order valence-corrected chi connectivity index (χ2v) is 4.24. The largest absolute Gasteiger partial charge is 0.453 e. The molecule has 6 heteroatoms. The summed E-state index contributed by atoms with van der Waals surface area (Å²) in [5, 5.41) is 2.72. The molecule has 1 fully saturated rings. The summed E-state index contributed by atoms with van der Waals surface area (Å²) in [6.45, 7) is 1.32. The van der Waals surface area contributed by atoms with E-state index in [0.29, 0.717) is 12.2 Å². The number of anilines is 2. The van der Waals surface area contributed by atoms with Crippen LogP contribution in [0.5, 0.6) is 0 Å². The third-order valence-electron chi connectivity index (χ3n) is 3.07. The van der Waals surface area contributed by atoms with E-state index < -0.39 is 11.9 Å². The van der Waals surface area contributed by atoms with Crippen LogP contribution >= 0.6 is 0 Å².